The number of halogens is 2. The van der Waals surface area contributed by atoms with Crippen LogP contribution in [0.3, 0.4) is 0 Å². The Balaban J connectivity index is 0. The van der Waals surface area contributed by atoms with Crippen molar-refractivity contribution in [1.29, 1.82) is 0 Å². The number of rotatable bonds is 11. The average molecular weight is 439 g/mol. The van der Waals surface area contributed by atoms with Crippen molar-refractivity contribution in [3.63, 3.8) is 0 Å². The first-order chi connectivity index (χ1) is 12.0. The molecule has 0 aliphatic heterocycles. The number of nitrogens with zero attached hydrogens (tertiary/aromatic N) is 2. The van der Waals surface area contributed by atoms with E-state index in [0.29, 0.717) is 12.1 Å². The molecule has 0 heterocycles. The van der Waals surface area contributed by atoms with Crippen LogP contribution in [0.15, 0.2) is 12.2 Å². The lowest BCUT2D eigenvalue weighted by molar-refractivity contribution is -0.912. The second kappa shape index (κ2) is 12.3. The Hall–Kier alpha value is -1.15. The Labute approximate surface area is 160 Å². The normalized spacial score (nSPS) is 13.3. The highest BCUT2D eigenvalue weighted by Gasteiger charge is 2.24. The van der Waals surface area contributed by atoms with Crippen LogP contribution in [0.5, 0.6) is 0 Å². The van der Waals surface area contributed by atoms with Crippen LogP contribution in [0, 0.1) is 0 Å². The molecule has 9 nitrogen and oxygen atoms in total. The van der Waals surface area contributed by atoms with Crippen LogP contribution in [0.4, 0.5) is 7.77 Å². The smallest absolute Gasteiger partial charge is 0.333 e. The van der Waals surface area contributed by atoms with Gasteiger partial charge in [-0.3, -0.25) is 0 Å². The number of carbonyl (C=O) groups is 1. The maximum atomic E-state index is 11.2. The summed E-state index contributed by atoms with van der Waals surface area (Å²) in [5, 5.41) is 9.95. The molecule has 1 N–H and O–H groups in total. The van der Waals surface area contributed by atoms with Gasteiger partial charge in [0, 0.05) is 5.57 Å². The number of esters is 1. The van der Waals surface area contributed by atoms with Gasteiger partial charge in [0.1, 0.15) is 19.3 Å². The first kappa shape index (κ1) is 28.1. The van der Waals surface area contributed by atoms with Crippen LogP contribution in [0.1, 0.15) is 33.6 Å². The predicted octanol–water partition coefficient (Wildman–Crippen LogP) is 1.52. The van der Waals surface area contributed by atoms with Gasteiger partial charge in [-0.2, -0.15) is 0 Å². The molecule has 0 aromatic carbocycles. The number of carbonyl (C=O) groups excluding carboxylic acids is 1. The monoisotopic (exact) mass is 438 g/mol. The molecule has 0 amide bonds. The molecule has 0 saturated heterocycles. The Kier molecular flexibility index (Phi) is 12.8. The van der Waals surface area contributed by atoms with E-state index in [-0.39, 0.29) is 6.61 Å². The fourth-order valence-electron chi connectivity index (χ4n) is 2.34. The Bertz CT molecular complexity index is 646. The summed E-state index contributed by atoms with van der Waals surface area (Å²) in [5.41, 5.74) is 0.363. The second-order valence-corrected chi connectivity index (χ2v) is 8.43. The minimum Gasteiger partial charge on any atom is -0.459 e. The lowest BCUT2D eigenvalue weighted by Gasteiger charge is -2.35. The van der Waals surface area contributed by atoms with Crippen molar-refractivity contribution in [2.24, 2.45) is 0 Å². The summed E-state index contributed by atoms with van der Waals surface area (Å²) in [4.78, 5) is 11.2. The Morgan fingerprint density at radius 2 is 1.56 bits per heavy atom. The van der Waals surface area contributed by atoms with Gasteiger partial charge in [0.2, 0.25) is 20.8 Å². The maximum absolute atomic E-state index is 11.2. The fraction of sp³-hybridized carbons (Fsp3) is 0.786. The maximum Gasteiger partial charge on any atom is 0.333 e. The first-order valence-electron chi connectivity index (χ1n) is 8.03. The van der Waals surface area contributed by atoms with Crippen molar-refractivity contribution in [3.05, 3.63) is 16.3 Å². The van der Waals surface area contributed by atoms with Crippen molar-refractivity contribution in [1.82, 2.24) is 0 Å². The summed E-state index contributed by atoms with van der Waals surface area (Å²) >= 11 is 0. The molecule has 0 radical (unpaired) electrons. The van der Waals surface area contributed by atoms with E-state index in [1.807, 2.05) is 0 Å². The van der Waals surface area contributed by atoms with Gasteiger partial charge < -0.3 is 18.5 Å². The minimum absolute atomic E-state index is 0.0486. The molecule has 0 bridgehead atoms. The van der Waals surface area contributed by atoms with Crippen molar-refractivity contribution < 1.29 is 43.7 Å². The van der Waals surface area contributed by atoms with Crippen molar-refractivity contribution in [2.75, 3.05) is 33.3 Å². The Morgan fingerprint density at radius 1 is 1.15 bits per heavy atom. The number of aliphatic hydroxyl groups excluding tert-OH is 1. The second-order valence-electron chi connectivity index (χ2n) is 6.18. The SMILES string of the molecule is C=C(C)C(=O)OCC(O)C[N+](C)(CCC)CCC.O=S(=O)(F)[N-]S(=O)(=O)F. The van der Waals surface area contributed by atoms with Crippen molar-refractivity contribution in [2.45, 2.75) is 39.7 Å². The molecule has 27 heavy (non-hydrogen) atoms. The number of likely N-dealkylation sites (N-methyl/N-ethyl adjacent to an activating group) is 1. The van der Waals surface area contributed by atoms with E-state index in [0.717, 1.165) is 34.5 Å². The van der Waals surface area contributed by atoms with E-state index < -0.39 is 32.9 Å². The molecule has 0 aliphatic rings. The topological polar surface area (TPSA) is 129 Å². The molecule has 0 saturated carbocycles. The van der Waals surface area contributed by atoms with Crippen LogP contribution in [0.25, 0.3) is 4.13 Å². The van der Waals surface area contributed by atoms with Crippen LogP contribution in [-0.4, -0.2) is 71.8 Å². The van der Waals surface area contributed by atoms with Gasteiger partial charge in [0.15, 0.2) is 0 Å². The van der Waals surface area contributed by atoms with Gasteiger partial charge in [-0.15, -0.1) is 7.77 Å². The van der Waals surface area contributed by atoms with Crippen LogP contribution >= 0.6 is 0 Å². The summed E-state index contributed by atoms with van der Waals surface area (Å²) in [6, 6.07) is 0. The highest BCUT2D eigenvalue weighted by molar-refractivity contribution is 8.07. The summed E-state index contributed by atoms with van der Waals surface area (Å²) < 4.78 is 65.9. The first-order valence-corrected chi connectivity index (χ1v) is 10.7. The lowest BCUT2D eigenvalue weighted by atomic mass is 10.2. The third-order valence-electron chi connectivity index (χ3n) is 3.11. The molecule has 162 valence electrons. The zero-order valence-corrected chi connectivity index (χ0v) is 17.5. The molecule has 13 heteroatoms. The summed E-state index contributed by atoms with van der Waals surface area (Å²) in [5.74, 6) is -0.436. The largest absolute Gasteiger partial charge is 0.459 e. The summed E-state index contributed by atoms with van der Waals surface area (Å²) in [7, 11) is -9.10. The molecule has 0 fully saturated rings. The Morgan fingerprint density at radius 3 is 1.81 bits per heavy atom. The van der Waals surface area contributed by atoms with Gasteiger partial charge in [-0.1, -0.05) is 20.4 Å². The van der Waals surface area contributed by atoms with E-state index in [1.54, 1.807) is 6.92 Å². The predicted molar refractivity (Wildman–Crippen MR) is 96.6 cm³/mol. The van der Waals surface area contributed by atoms with E-state index in [4.69, 9.17) is 4.74 Å². The van der Waals surface area contributed by atoms with Gasteiger partial charge in [0.25, 0.3) is 0 Å². The van der Waals surface area contributed by atoms with Gasteiger partial charge >= 0.3 is 5.97 Å². The standard InChI is InChI=1S/C14H28NO3.F2NO4S2/c1-6-8-15(5,9-7-2)10-13(16)11-18-14(17)12(3)4;1-8(4,5)3-9(2,6)7/h13,16H,3,6-11H2,1-2,4-5H3;/q+1;-1. The van der Waals surface area contributed by atoms with E-state index >= 15 is 0 Å². The third-order valence-corrected chi connectivity index (χ3v) is 4.54. The molecule has 0 aromatic heterocycles. The number of hydrogen-bond donors (Lipinski definition) is 1. The van der Waals surface area contributed by atoms with Crippen molar-refractivity contribution in [3.8, 4) is 0 Å². The fourth-order valence-corrected chi connectivity index (χ4v) is 3.19. The number of aliphatic hydroxyl groups is 1. The molecule has 0 rings (SSSR count). The zero-order chi connectivity index (χ0) is 21.9. The molecular weight excluding hydrogens is 410 g/mol. The summed E-state index contributed by atoms with van der Waals surface area (Å²) in [6.07, 6.45) is 1.54. The molecule has 0 aromatic rings. The number of ether oxygens (including phenoxy) is 1. The number of quaternary nitrogens is 1. The third kappa shape index (κ3) is 18.0. The van der Waals surface area contributed by atoms with Crippen molar-refractivity contribution >= 4 is 26.8 Å². The zero-order valence-electron chi connectivity index (χ0n) is 15.9. The molecule has 1 atom stereocenters. The van der Waals surface area contributed by atoms with Gasteiger partial charge in [0.05, 0.1) is 20.1 Å². The minimum atomic E-state index is -5.62. The van der Waals surface area contributed by atoms with Gasteiger partial charge in [-0.25, -0.2) is 21.6 Å². The molecule has 0 aliphatic carbocycles. The van der Waals surface area contributed by atoms with Crippen LogP contribution in [-0.2, 0) is 30.3 Å². The molecule has 1 unspecified atom stereocenters. The average Bonchev–Trinajstić information content (AvgIpc) is 2.41. The van der Waals surface area contributed by atoms with E-state index in [2.05, 4.69) is 27.5 Å². The molecular formula is C14H28F2N2O7S2. The van der Waals surface area contributed by atoms with E-state index in [9.17, 15) is 34.5 Å². The summed E-state index contributed by atoms with van der Waals surface area (Å²) in [6.45, 7) is 12.1. The van der Waals surface area contributed by atoms with Crippen LogP contribution < -0.4 is 0 Å². The quantitative estimate of drug-likeness (QED) is 0.224. The molecule has 0 spiro atoms. The highest BCUT2D eigenvalue weighted by Crippen LogP contribution is 2.11. The lowest BCUT2D eigenvalue weighted by Crippen LogP contribution is -2.50. The van der Waals surface area contributed by atoms with Crippen LogP contribution in [0.2, 0.25) is 0 Å². The van der Waals surface area contributed by atoms with E-state index in [1.165, 1.54) is 0 Å². The number of hydrogen-bond acceptors (Lipinski definition) is 7. The van der Waals surface area contributed by atoms with Gasteiger partial charge in [-0.05, 0) is 19.8 Å². The highest BCUT2D eigenvalue weighted by atomic mass is 32.3.